The first-order valence-corrected chi connectivity index (χ1v) is 8.55. The fraction of sp³-hybridized carbons (Fsp3) is 0.278. The monoisotopic (exact) mass is 405 g/mol. The van der Waals surface area contributed by atoms with E-state index in [1.807, 2.05) is 24.3 Å². The Morgan fingerprint density at radius 3 is 2.60 bits per heavy atom. The first kappa shape index (κ1) is 16.1. The Balaban J connectivity index is 1.89. The molecule has 1 unspecified atom stereocenters. The molecule has 2 aliphatic rings. The summed E-state index contributed by atoms with van der Waals surface area (Å²) in [6.45, 7) is 0.202. The average Bonchev–Trinajstić information content (AvgIpc) is 3.06. The number of carbonyl (C=O) groups excluding carboxylic acids is 1. The van der Waals surface area contributed by atoms with Gasteiger partial charge in [-0.1, -0.05) is 15.9 Å². The summed E-state index contributed by atoms with van der Waals surface area (Å²) in [5.74, 6) is 2.44. The quantitative estimate of drug-likeness (QED) is 0.843. The second-order valence-electron chi connectivity index (χ2n) is 5.82. The molecule has 0 saturated heterocycles. The molecule has 2 aliphatic heterocycles. The third-order valence-electron chi connectivity index (χ3n) is 4.45. The number of amides is 1. The van der Waals surface area contributed by atoms with E-state index >= 15 is 0 Å². The van der Waals surface area contributed by atoms with Crippen LogP contribution in [0.1, 0.15) is 23.5 Å². The van der Waals surface area contributed by atoms with Crippen LogP contribution in [-0.2, 0) is 4.79 Å². The van der Waals surface area contributed by atoms with Crippen molar-refractivity contribution in [2.45, 2.75) is 12.3 Å². The van der Waals surface area contributed by atoms with Crippen molar-refractivity contribution < 1.29 is 23.7 Å². The van der Waals surface area contributed by atoms with Crippen LogP contribution in [0.5, 0.6) is 23.0 Å². The lowest BCUT2D eigenvalue weighted by molar-refractivity contribution is -0.116. The summed E-state index contributed by atoms with van der Waals surface area (Å²) in [6.07, 6.45) is 0.313. The molecule has 2 aromatic carbocycles. The predicted molar refractivity (Wildman–Crippen MR) is 94.9 cm³/mol. The normalized spacial score (nSPS) is 17.7. The zero-order chi connectivity index (χ0) is 17.6. The Hall–Kier alpha value is -2.41. The van der Waals surface area contributed by atoms with Crippen molar-refractivity contribution in [3.63, 3.8) is 0 Å². The van der Waals surface area contributed by atoms with Crippen LogP contribution >= 0.6 is 15.9 Å². The molecule has 6 nitrogen and oxygen atoms in total. The minimum atomic E-state index is -0.173. The summed E-state index contributed by atoms with van der Waals surface area (Å²) in [7, 11) is 3.19. The fourth-order valence-corrected chi connectivity index (χ4v) is 3.90. The van der Waals surface area contributed by atoms with Gasteiger partial charge in [0.2, 0.25) is 12.7 Å². The number of hydrogen-bond donors (Lipinski definition) is 1. The average molecular weight is 406 g/mol. The molecule has 0 spiro atoms. The van der Waals surface area contributed by atoms with E-state index in [9.17, 15) is 4.79 Å². The standard InChI is InChI=1S/C18H16BrNO5/c1-22-9-3-13-18(16(4-9)23-2)11(6-17(21)20-13)10-5-14-15(7-12(10)19)25-8-24-14/h3-5,7,11H,6,8H2,1-2H3,(H,20,21). The van der Waals surface area contributed by atoms with E-state index in [0.29, 0.717) is 35.1 Å². The molecule has 1 atom stereocenters. The van der Waals surface area contributed by atoms with E-state index in [2.05, 4.69) is 21.2 Å². The second kappa shape index (κ2) is 6.15. The molecule has 4 rings (SSSR count). The molecule has 2 aromatic rings. The molecule has 1 amide bonds. The highest BCUT2D eigenvalue weighted by Gasteiger charge is 2.33. The van der Waals surface area contributed by atoms with Crippen LogP contribution in [0, 0.1) is 0 Å². The zero-order valence-electron chi connectivity index (χ0n) is 13.7. The van der Waals surface area contributed by atoms with Crippen molar-refractivity contribution in [3.05, 3.63) is 39.9 Å². The summed E-state index contributed by atoms with van der Waals surface area (Å²) in [5, 5.41) is 2.91. The summed E-state index contributed by atoms with van der Waals surface area (Å²) in [6, 6.07) is 7.43. The number of benzene rings is 2. The van der Waals surface area contributed by atoms with Crippen LogP contribution in [0.25, 0.3) is 0 Å². The third kappa shape index (κ3) is 2.68. The minimum absolute atomic E-state index is 0.0580. The van der Waals surface area contributed by atoms with E-state index < -0.39 is 0 Å². The molecule has 7 heteroatoms. The SMILES string of the molecule is COc1cc2c(c(OC)c1)C(c1cc3c(cc1Br)OCO3)CC(=O)N2. The van der Waals surface area contributed by atoms with Crippen molar-refractivity contribution in [2.24, 2.45) is 0 Å². The van der Waals surface area contributed by atoms with Crippen LogP contribution in [0.4, 0.5) is 5.69 Å². The number of hydrogen-bond acceptors (Lipinski definition) is 5. The number of halogens is 1. The minimum Gasteiger partial charge on any atom is -0.497 e. The maximum atomic E-state index is 12.3. The van der Waals surface area contributed by atoms with Gasteiger partial charge in [-0.25, -0.2) is 0 Å². The Kier molecular flexibility index (Phi) is 3.95. The molecular formula is C18H16BrNO5. The van der Waals surface area contributed by atoms with Crippen molar-refractivity contribution in [3.8, 4) is 23.0 Å². The molecule has 0 aromatic heterocycles. The lowest BCUT2D eigenvalue weighted by Crippen LogP contribution is -2.24. The van der Waals surface area contributed by atoms with Gasteiger partial charge in [0, 0.05) is 34.5 Å². The first-order valence-electron chi connectivity index (χ1n) is 7.75. The molecule has 25 heavy (non-hydrogen) atoms. The van der Waals surface area contributed by atoms with Gasteiger partial charge >= 0.3 is 0 Å². The van der Waals surface area contributed by atoms with Gasteiger partial charge in [-0.15, -0.1) is 0 Å². The van der Waals surface area contributed by atoms with Gasteiger partial charge in [0.1, 0.15) is 11.5 Å². The molecule has 0 radical (unpaired) electrons. The lowest BCUT2D eigenvalue weighted by Gasteiger charge is -2.29. The van der Waals surface area contributed by atoms with E-state index in [-0.39, 0.29) is 18.6 Å². The number of methoxy groups -OCH3 is 2. The topological polar surface area (TPSA) is 66.0 Å². The highest BCUT2D eigenvalue weighted by Crippen LogP contribution is 2.48. The van der Waals surface area contributed by atoms with E-state index in [1.54, 1.807) is 14.2 Å². The van der Waals surface area contributed by atoms with E-state index in [1.165, 1.54) is 0 Å². The van der Waals surface area contributed by atoms with Crippen LogP contribution in [0.15, 0.2) is 28.7 Å². The van der Waals surface area contributed by atoms with Crippen LogP contribution in [0.2, 0.25) is 0 Å². The zero-order valence-corrected chi connectivity index (χ0v) is 15.3. The lowest BCUT2D eigenvalue weighted by atomic mass is 9.84. The molecular weight excluding hydrogens is 390 g/mol. The number of anilines is 1. The van der Waals surface area contributed by atoms with Gasteiger partial charge in [0.15, 0.2) is 11.5 Å². The number of nitrogens with one attached hydrogen (secondary N) is 1. The molecule has 0 fully saturated rings. The van der Waals surface area contributed by atoms with Crippen LogP contribution < -0.4 is 24.3 Å². The summed E-state index contributed by atoms with van der Waals surface area (Å²) >= 11 is 3.60. The molecule has 2 heterocycles. The fourth-order valence-electron chi connectivity index (χ4n) is 3.31. The van der Waals surface area contributed by atoms with E-state index in [0.717, 1.165) is 15.6 Å². The first-order chi connectivity index (χ1) is 12.1. The molecule has 0 bridgehead atoms. The van der Waals surface area contributed by atoms with Crippen molar-refractivity contribution >= 4 is 27.5 Å². The summed E-state index contributed by atoms with van der Waals surface area (Å²) in [5.41, 5.74) is 2.56. The maximum absolute atomic E-state index is 12.3. The van der Waals surface area contributed by atoms with Gasteiger partial charge in [0.05, 0.1) is 19.9 Å². The number of ether oxygens (including phenoxy) is 4. The third-order valence-corrected chi connectivity index (χ3v) is 5.14. The maximum Gasteiger partial charge on any atom is 0.231 e. The molecule has 0 aliphatic carbocycles. The van der Waals surface area contributed by atoms with Crippen LogP contribution in [-0.4, -0.2) is 26.9 Å². The van der Waals surface area contributed by atoms with Crippen molar-refractivity contribution in [1.29, 1.82) is 0 Å². The van der Waals surface area contributed by atoms with Gasteiger partial charge in [0.25, 0.3) is 0 Å². The summed E-state index contributed by atoms with van der Waals surface area (Å²) < 4.78 is 22.7. The Morgan fingerprint density at radius 1 is 1.12 bits per heavy atom. The van der Waals surface area contributed by atoms with Gasteiger partial charge in [-0.2, -0.15) is 0 Å². The van der Waals surface area contributed by atoms with Crippen LogP contribution in [0.3, 0.4) is 0 Å². The smallest absolute Gasteiger partial charge is 0.231 e. The predicted octanol–water partition coefficient (Wildman–Crippen LogP) is 3.67. The summed E-state index contributed by atoms with van der Waals surface area (Å²) in [4.78, 5) is 12.3. The Morgan fingerprint density at radius 2 is 1.88 bits per heavy atom. The highest BCUT2D eigenvalue weighted by atomic mass is 79.9. The molecule has 130 valence electrons. The molecule has 0 saturated carbocycles. The number of rotatable bonds is 3. The van der Waals surface area contributed by atoms with Gasteiger partial charge in [-0.05, 0) is 17.7 Å². The Labute approximate surface area is 153 Å². The second-order valence-corrected chi connectivity index (χ2v) is 6.68. The van der Waals surface area contributed by atoms with Crippen molar-refractivity contribution in [1.82, 2.24) is 0 Å². The number of carbonyl (C=O) groups is 1. The highest BCUT2D eigenvalue weighted by molar-refractivity contribution is 9.10. The molecule has 1 N–H and O–H groups in total. The Bertz CT molecular complexity index is 867. The van der Waals surface area contributed by atoms with Gasteiger partial charge in [-0.3, -0.25) is 4.79 Å². The van der Waals surface area contributed by atoms with Crippen molar-refractivity contribution in [2.75, 3.05) is 26.3 Å². The van der Waals surface area contributed by atoms with Gasteiger partial charge < -0.3 is 24.3 Å². The largest absolute Gasteiger partial charge is 0.497 e. The number of fused-ring (bicyclic) bond motifs is 2. The van der Waals surface area contributed by atoms with E-state index in [4.69, 9.17) is 18.9 Å².